The third-order valence-corrected chi connectivity index (χ3v) is 5.97. The van der Waals surface area contributed by atoms with Crippen LogP contribution in [0, 0.1) is 0 Å². The number of aromatic nitrogens is 1. The van der Waals surface area contributed by atoms with Gasteiger partial charge in [-0.2, -0.15) is 0 Å². The molecular weight excluding hydrogens is 380 g/mol. The van der Waals surface area contributed by atoms with E-state index in [1.165, 1.54) is 0 Å². The second kappa shape index (κ2) is 7.37. The van der Waals surface area contributed by atoms with Gasteiger partial charge in [-0.25, -0.2) is 13.0 Å². The standard InChI is InChI=1S/C17H17ClN2O3S2/c1-19-8-3-2-5-14(19)12-17-20(9-4-10-25(21,22)23)15-11-13(18)6-7-16(15)24-17/h2-3,5-8,11-12H,4,9-10H2,1H3. The summed E-state index contributed by atoms with van der Waals surface area (Å²) in [5.41, 5.74) is 1.95. The lowest BCUT2D eigenvalue weighted by molar-refractivity contribution is -0.673. The van der Waals surface area contributed by atoms with E-state index in [-0.39, 0.29) is 12.2 Å². The zero-order chi connectivity index (χ0) is 18.0. The van der Waals surface area contributed by atoms with Crippen LogP contribution in [0.4, 0.5) is 5.69 Å². The Morgan fingerprint density at radius 1 is 1.32 bits per heavy atom. The molecule has 0 atom stereocenters. The average Bonchev–Trinajstić information content (AvgIpc) is 2.86. The Morgan fingerprint density at radius 3 is 2.84 bits per heavy atom. The fourth-order valence-corrected chi connectivity index (χ4v) is 4.39. The lowest BCUT2D eigenvalue weighted by atomic mass is 10.2. The molecule has 25 heavy (non-hydrogen) atoms. The van der Waals surface area contributed by atoms with Crippen LogP contribution in [-0.4, -0.2) is 25.3 Å². The van der Waals surface area contributed by atoms with Crippen LogP contribution in [-0.2, 0) is 17.2 Å². The summed E-state index contributed by atoms with van der Waals surface area (Å²) < 4.78 is 34.7. The van der Waals surface area contributed by atoms with Gasteiger partial charge in [0.25, 0.3) is 0 Å². The third-order valence-electron chi connectivity index (χ3n) is 3.83. The molecule has 0 fully saturated rings. The normalized spacial score (nSPS) is 15.6. The van der Waals surface area contributed by atoms with Gasteiger partial charge in [0.15, 0.2) is 6.20 Å². The number of thioether (sulfide) groups is 1. The van der Waals surface area contributed by atoms with Crippen molar-refractivity contribution in [3.05, 3.63) is 58.3 Å². The van der Waals surface area contributed by atoms with Gasteiger partial charge in [-0.05, 0) is 30.7 Å². The highest BCUT2D eigenvalue weighted by molar-refractivity contribution is 8.03. The molecule has 0 amide bonds. The number of pyridine rings is 1. The Balaban J connectivity index is 1.93. The molecule has 0 spiro atoms. The van der Waals surface area contributed by atoms with Gasteiger partial charge in [-0.3, -0.25) is 0 Å². The van der Waals surface area contributed by atoms with E-state index in [0.717, 1.165) is 21.3 Å². The van der Waals surface area contributed by atoms with Crippen LogP contribution in [0.1, 0.15) is 12.1 Å². The lowest BCUT2D eigenvalue weighted by Crippen LogP contribution is -2.31. The number of nitrogens with zero attached hydrogens (tertiary/aromatic N) is 2. The van der Waals surface area contributed by atoms with Gasteiger partial charge in [0.1, 0.15) is 7.05 Å². The Hall–Kier alpha value is -1.54. The van der Waals surface area contributed by atoms with Crippen molar-refractivity contribution >= 4 is 45.2 Å². The molecule has 0 radical (unpaired) electrons. The highest BCUT2D eigenvalue weighted by Gasteiger charge is 2.26. The molecule has 1 aromatic heterocycles. The monoisotopic (exact) mass is 396 g/mol. The SMILES string of the molecule is C[n+]1ccccc1/C=C1\Sc2ccc(Cl)cc2N1CCCS(=O)(=O)[O-]. The molecule has 1 aliphatic heterocycles. The van der Waals surface area contributed by atoms with Crippen molar-refractivity contribution in [1.82, 2.24) is 0 Å². The maximum Gasteiger partial charge on any atom is 0.207 e. The Kier molecular flexibility index (Phi) is 5.38. The van der Waals surface area contributed by atoms with Gasteiger partial charge in [0, 0.05) is 40.4 Å². The van der Waals surface area contributed by atoms with Gasteiger partial charge in [0.2, 0.25) is 5.69 Å². The summed E-state index contributed by atoms with van der Waals surface area (Å²) in [7, 11) is -2.25. The number of aryl methyl sites for hydroxylation is 1. The molecule has 2 aromatic rings. The number of benzene rings is 1. The van der Waals surface area contributed by atoms with Crippen molar-refractivity contribution in [3.8, 4) is 0 Å². The summed E-state index contributed by atoms with van der Waals surface area (Å²) in [5, 5.41) is 1.59. The van der Waals surface area contributed by atoms with Crippen LogP contribution < -0.4 is 9.47 Å². The first-order valence-corrected chi connectivity index (χ1v) is 10.5. The van der Waals surface area contributed by atoms with E-state index in [1.807, 2.05) is 65.2 Å². The first-order valence-electron chi connectivity index (χ1n) is 7.68. The first-order chi connectivity index (χ1) is 11.8. The highest BCUT2D eigenvalue weighted by atomic mass is 35.5. The first kappa shape index (κ1) is 18.3. The number of anilines is 1. The molecule has 1 aliphatic rings. The molecule has 8 heteroatoms. The molecule has 0 bridgehead atoms. The van der Waals surface area contributed by atoms with Crippen LogP contribution in [0.5, 0.6) is 0 Å². The molecule has 5 nitrogen and oxygen atoms in total. The topological polar surface area (TPSA) is 64.3 Å². The highest BCUT2D eigenvalue weighted by Crippen LogP contribution is 2.47. The Morgan fingerprint density at radius 2 is 2.12 bits per heavy atom. The summed E-state index contributed by atoms with van der Waals surface area (Å²) in [6, 6.07) is 11.6. The van der Waals surface area contributed by atoms with E-state index < -0.39 is 10.1 Å². The molecule has 2 heterocycles. The quantitative estimate of drug-likeness (QED) is 0.574. The van der Waals surface area contributed by atoms with Crippen LogP contribution in [0.2, 0.25) is 5.02 Å². The van der Waals surface area contributed by atoms with E-state index >= 15 is 0 Å². The zero-order valence-corrected chi connectivity index (χ0v) is 15.9. The van der Waals surface area contributed by atoms with E-state index in [1.54, 1.807) is 11.8 Å². The minimum Gasteiger partial charge on any atom is -0.748 e. The van der Waals surface area contributed by atoms with Crippen LogP contribution >= 0.6 is 23.4 Å². The van der Waals surface area contributed by atoms with Gasteiger partial charge >= 0.3 is 0 Å². The second-order valence-electron chi connectivity index (χ2n) is 5.70. The van der Waals surface area contributed by atoms with E-state index in [4.69, 9.17) is 11.6 Å². The minimum atomic E-state index is -4.22. The van der Waals surface area contributed by atoms with E-state index in [9.17, 15) is 13.0 Å². The van der Waals surface area contributed by atoms with Crippen molar-refractivity contribution in [1.29, 1.82) is 0 Å². The Labute approximate surface area is 156 Å². The summed E-state index contributed by atoms with van der Waals surface area (Å²) in [5.74, 6) is -0.379. The maximum absolute atomic E-state index is 10.9. The average molecular weight is 397 g/mol. The molecular formula is C17H17ClN2O3S2. The van der Waals surface area contributed by atoms with Crippen LogP contribution in [0.3, 0.4) is 0 Å². The molecule has 0 aliphatic carbocycles. The predicted molar refractivity (Wildman–Crippen MR) is 99.4 cm³/mol. The summed E-state index contributed by atoms with van der Waals surface area (Å²) in [4.78, 5) is 3.07. The summed E-state index contributed by atoms with van der Waals surface area (Å²) in [6.45, 7) is 0.435. The lowest BCUT2D eigenvalue weighted by Gasteiger charge is -2.21. The van der Waals surface area contributed by atoms with Crippen molar-refractivity contribution in [2.45, 2.75) is 11.3 Å². The van der Waals surface area contributed by atoms with Crippen molar-refractivity contribution in [2.24, 2.45) is 7.05 Å². The van der Waals surface area contributed by atoms with Crippen molar-refractivity contribution < 1.29 is 17.5 Å². The molecule has 0 N–H and O–H groups in total. The molecule has 0 saturated carbocycles. The number of fused-ring (bicyclic) bond motifs is 1. The van der Waals surface area contributed by atoms with E-state index in [2.05, 4.69) is 0 Å². The number of halogens is 1. The second-order valence-corrected chi connectivity index (χ2v) is 8.72. The number of hydrogen-bond donors (Lipinski definition) is 0. The zero-order valence-electron chi connectivity index (χ0n) is 13.6. The predicted octanol–water partition coefficient (Wildman–Crippen LogP) is 3.01. The Bertz CT molecular complexity index is 929. The fraction of sp³-hybridized carbons (Fsp3) is 0.235. The van der Waals surface area contributed by atoms with Gasteiger partial charge in [0.05, 0.1) is 20.8 Å². The van der Waals surface area contributed by atoms with Crippen LogP contribution in [0.25, 0.3) is 6.08 Å². The fourth-order valence-electron chi connectivity index (χ4n) is 2.62. The summed E-state index contributed by atoms with van der Waals surface area (Å²) in [6.07, 6.45) is 4.27. The third kappa shape index (κ3) is 4.55. The molecule has 0 unspecified atom stereocenters. The molecule has 0 saturated heterocycles. The molecule has 1 aromatic carbocycles. The van der Waals surface area contributed by atoms with E-state index in [0.29, 0.717) is 11.6 Å². The van der Waals surface area contributed by atoms with Crippen molar-refractivity contribution in [3.63, 3.8) is 0 Å². The van der Waals surface area contributed by atoms with Gasteiger partial charge < -0.3 is 9.45 Å². The number of rotatable bonds is 5. The van der Waals surface area contributed by atoms with Gasteiger partial charge in [-0.1, -0.05) is 23.4 Å². The minimum absolute atomic E-state index is 0.261. The smallest absolute Gasteiger partial charge is 0.207 e. The largest absolute Gasteiger partial charge is 0.748 e. The van der Waals surface area contributed by atoms with Gasteiger partial charge in [-0.15, -0.1) is 0 Å². The molecule has 132 valence electrons. The summed E-state index contributed by atoms with van der Waals surface area (Å²) >= 11 is 7.72. The molecule has 3 rings (SSSR count). The van der Waals surface area contributed by atoms with Crippen molar-refractivity contribution in [2.75, 3.05) is 17.2 Å². The van der Waals surface area contributed by atoms with Crippen LogP contribution in [0.15, 0.2) is 52.5 Å². The number of hydrogen-bond acceptors (Lipinski definition) is 5. The maximum atomic E-state index is 10.9.